The molecule has 1 atom stereocenters. The van der Waals surface area contributed by atoms with Crippen molar-refractivity contribution in [2.45, 2.75) is 26.7 Å². The van der Waals surface area contributed by atoms with Gasteiger partial charge in [-0.25, -0.2) is 9.97 Å². The molecule has 98 valence electrons. The summed E-state index contributed by atoms with van der Waals surface area (Å²) in [5, 5.41) is 9.05. The van der Waals surface area contributed by atoms with Gasteiger partial charge in [0.1, 0.15) is 11.7 Å². The van der Waals surface area contributed by atoms with Gasteiger partial charge in [-0.2, -0.15) is 0 Å². The summed E-state index contributed by atoms with van der Waals surface area (Å²) in [6.07, 6.45) is 0. The summed E-state index contributed by atoms with van der Waals surface area (Å²) in [5.74, 6) is -1.27. The number of aryl methyl sites for hydroxylation is 2. The van der Waals surface area contributed by atoms with Crippen molar-refractivity contribution in [3.8, 4) is 11.3 Å². The van der Waals surface area contributed by atoms with Gasteiger partial charge in [0.15, 0.2) is 0 Å². The molecule has 2 rings (SSSR count). The van der Waals surface area contributed by atoms with Crippen molar-refractivity contribution in [2.75, 3.05) is 0 Å². The number of aromatic nitrogens is 2. The summed E-state index contributed by atoms with van der Waals surface area (Å²) in [4.78, 5) is 19.6. The molecule has 1 heterocycles. The first-order chi connectivity index (χ1) is 8.97. The minimum Gasteiger partial charge on any atom is -0.481 e. The Bertz CT molecular complexity index is 623. The molecule has 0 saturated heterocycles. The third kappa shape index (κ3) is 2.96. The molecule has 1 aromatic heterocycles. The van der Waals surface area contributed by atoms with E-state index in [0.29, 0.717) is 5.82 Å². The van der Waals surface area contributed by atoms with Crippen LogP contribution < -0.4 is 0 Å². The van der Waals surface area contributed by atoms with Crippen molar-refractivity contribution >= 4 is 5.97 Å². The van der Waals surface area contributed by atoms with Gasteiger partial charge in [0.2, 0.25) is 0 Å². The summed E-state index contributed by atoms with van der Waals surface area (Å²) >= 11 is 0. The maximum atomic E-state index is 11.0. The largest absolute Gasteiger partial charge is 0.481 e. The summed E-state index contributed by atoms with van der Waals surface area (Å²) < 4.78 is 0. The van der Waals surface area contributed by atoms with Gasteiger partial charge >= 0.3 is 5.97 Å². The van der Waals surface area contributed by atoms with E-state index in [1.54, 1.807) is 6.92 Å². The van der Waals surface area contributed by atoms with Gasteiger partial charge in [-0.05, 0) is 32.9 Å². The van der Waals surface area contributed by atoms with Crippen molar-refractivity contribution in [3.63, 3.8) is 0 Å². The van der Waals surface area contributed by atoms with Gasteiger partial charge < -0.3 is 5.11 Å². The van der Waals surface area contributed by atoms with Crippen molar-refractivity contribution in [1.82, 2.24) is 9.97 Å². The average molecular weight is 256 g/mol. The first-order valence-electron chi connectivity index (χ1n) is 6.13. The lowest BCUT2D eigenvalue weighted by molar-refractivity contribution is -0.138. The second kappa shape index (κ2) is 5.18. The van der Waals surface area contributed by atoms with E-state index in [0.717, 1.165) is 22.5 Å². The van der Waals surface area contributed by atoms with Crippen LogP contribution in [0.1, 0.15) is 29.9 Å². The Labute approximate surface area is 112 Å². The number of carbonyl (C=O) groups is 1. The third-order valence-corrected chi connectivity index (χ3v) is 2.94. The Morgan fingerprint density at radius 1 is 1.21 bits per heavy atom. The molecule has 0 spiro atoms. The van der Waals surface area contributed by atoms with E-state index < -0.39 is 11.9 Å². The highest BCUT2D eigenvalue weighted by Gasteiger charge is 2.18. The summed E-state index contributed by atoms with van der Waals surface area (Å²) in [6.45, 7) is 5.45. The Morgan fingerprint density at radius 3 is 2.58 bits per heavy atom. The number of hydrogen-bond acceptors (Lipinski definition) is 3. The van der Waals surface area contributed by atoms with Crippen LogP contribution in [0.4, 0.5) is 0 Å². The molecule has 0 saturated carbocycles. The first-order valence-corrected chi connectivity index (χ1v) is 6.13. The van der Waals surface area contributed by atoms with Crippen LogP contribution >= 0.6 is 0 Å². The van der Waals surface area contributed by atoms with Crippen LogP contribution in [0.5, 0.6) is 0 Å². The van der Waals surface area contributed by atoms with E-state index in [-0.39, 0.29) is 0 Å². The Hall–Kier alpha value is -2.23. The van der Waals surface area contributed by atoms with Crippen LogP contribution in [0, 0.1) is 13.8 Å². The molecule has 0 aliphatic heterocycles. The molecule has 1 aromatic carbocycles. The zero-order valence-electron chi connectivity index (χ0n) is 11.2. The van der Waals surface area contributed by atoms with Crippen LogP contribution in [0.2, 0.25) is 0 Å². The van der Waals surface area contributed by atoms with Gasteiger partial charge in [-0.15, -0.1) is 0 Å². The lowest BCUT2D eigenvalue weighted by Crippen LogP contribution is -2.12. The minimum absolute atomic E-state index is 0.351. The predicted octanol–water partition coefficient (Wildman–Crippen LogP) is 2.95. The smallest absolute Gasteiger partial charge is 0.313 e. The van der Waals surface area contributed by atoms with Crippen LogP contribution in [-0.2, 0) is 4.79 Å². The molecule has 0 fully saturated rings. The quantitative estimate of drug-likeness (QED) is 0.917. The maximum Gasteiger partial charge on any atom is 0.313 e. The average Bonchev–Trinajstić information content (AvgIpc) is 2.37. The van der Waals surface area contributed by atoms with Crippen molar-refractivity contribution in [2.24, 2.45) is 0 Å². The third-order valence-electron chi connectivity index (χ3n) is 2.94. The number of nitrogens with zero attached hydrogens (tertiary/aromatic N) is 2. The Morgan fingerprint density at radius 2 is 1.95 bits per heavy atom. The van der Waals surface area contributed by atoms with E-state index in [1.807, 2.05) is 44.2 Å². The highest BCUT2D eigenvalue weighted by molar-refractivity contribution is 5.74. The molecule has 1 unspecified atom stereocenters. The Balaban J connectivity index is 2.50. The lowest BCUT2D eigenvalue weighted by Gasteiger charge is -2.09. The lowest BCUT2D eigenvalue weighted by atomic mass is 10.1. The van der Waals surface area contributed by atoms with Crippen LogP contribution in [-0.4, -0.2) is 21.0 Å². The van der Waals surface area contributed by atoms with Crippen LogP contribution in [0.25, 0.3) is 11.3 Å². The second-order valence-corrected chi connectivity index (χ2v) is 4.68. The number of carboxylic acid groups (broad SMARTS) is 1. The zero-order valence-corrected chi connectivity index (χ0v) is 11.2. The fourth-order valence-electron chi connectivity index (χ4n) is 1.85. The van der Waals surface area contributed by atoms with E-state index in [1.165, 1.54) is 0 Å². The van der Waals surface area contributed by atoms with Crippen LogP contribution in [0.3, 0.4) is 0 Å². The fourth-order valence-corrected chi connectivity index (χ4v) is 1.85. The van der Waals surface area contributed by atoms with Crippen molar-refractivity contribution < 1.29 is 9.90 Å². The van der Waals surface area contributed by atoms with E-state index in [4.69, 9.17) is 5.11 Å². The molecule has 0 aliphatic carbocycles. The summed E-state index contributed by atoms with van der Waals surface area (Å²) in [6, 6.07) is 9.83. The number of carboxylic acids is 1. The van der Waals surface area contributed by atoms with E-state index in [2.05, 4.69) is 9.97 Å². The number of benzene rings is 1. The number of aliphatic carboxylic acids is 1. The molecule has 0 radical (unpaired) electrons. The molecule has 2 aromatic rings. The molecular weight excluding hydrogens is 240 g/mol. The molecule has 19 heavy (non-hydrogen) atoms. The van der Waals surface area contributed by atoms with Gasteiger partial charge in [-0.3, -0.25) is 4.79 Å². The highest BCUT2D eigenvalue weighted by atomic mass is 16.4. The molecule has 0 aliphatic rings. The van der Waals surface area contributed by atoms with Gasteiger partial charge in [0, 0.05) is 11.3 Å². The minimum atomic E-state index is -0.916. The Kier molecular flexibility index (Phi) is 3.60. The zero-order chi connectivity index (χ0) is 14.0. The molecule has 1 N–H and O–H groups in total. The highest BCUT2D eigenvalue weighted by Crippen LogP contribution is 2.21. The summed E-state index contributed by atoms with van der Waals surface area (Å²) in [7, 11) is 0. The molecule has 0 amide bonds. The fraction of sp³-hybridized carbons (Fsp3) is 0.267. The van der Waals surface area contributed by atoms with Crippen molar-refractivity contribution in [3.05, 3.63) is 47.4 Å². The van der Waals surface area contributed by atoms with Gasteiger partial charge in [0.05, 0.1) is 5.69 Å². The van der Waals surface area contributed by atoms with Gasteiger partial charge in [0.25, 0.3) is 0 Å². The summed E-state index contributed by atoms with van der Waals surface area (Å²) in [5.41, 5.74) is 3.65. The molecule has 0 bridgehead atoms. The van der Waals surface area contributed by atoms with Crippen LogP contribution in [0.15, 0.2) is 30.3 Å². The van der Waals surface area contributed by atoms with Crippen molar-refractivity contribution in [1.29, 1.82) is 0 Å². The normalized spacial score (nSPS) is 12.2. The molecular formula is C15H16N2O2. The molecule has 4 heteroatoms. The maximum absolute atomic E-state index is 11.0. The standard InChI is InChI=1S/C15H16N2O2/c1-9-5-4-6-12(7-9)13-8-10(2)16-14(17-13)11(3)15(18)19/h4-8,11H,1-3H3,(H,18,19). The number of hydrogen-bond donors (Lipinski definition) is 1. The van der Waals surface area contributed by atoms with E-state index >= 15 is 0 Å². The predicted molar refractivity (Wildman–Crippen MR) is 73.0 cm³/mol. The van der Waals surface area contributed by atoms with E-state index in [9.17, 15) is 4.79 Å². The SMILES string of the molecule is Cc1cccc(-c2cc(C)nc(C(C)C(=O)O)n2)c1. The number of rotatable bonds is 3. The second-order valence-electron chi connectivity index (χ2n) is 4.68. The van der Waals surface area contributed by atoms with Gasteiger partial charge in [-0.1, -0.05) is 23.8 Å². The topological polar surface area (TPSA) is 63.1 Å². The monoisotopic (exact) mass is 256 g/mol. The first kappa shape index (κ1) is 13.2. The molecule has 4 nitrogen and oxygen atoms in total.